The second kappa shape index (κ2) is 10.7. The van der Waals surface area contributed by atoms with Gasteiger partial charge in [-0.05, 0) is 41.7 Å². The van der Waals surface area contributed by atoms with E-state index >= 15 is 0 Å². The Hall–Kier alpha value is -2.53. The molecule has 0 amide bonds. The second-order valence-corrected chi connectivity index (χ2v) is 7.84. The Labute approximate surface area is 166 Å². The standard InChI is InChI=1S/C10H9F2NOS2.C8H3F2NO/c1-15-10(16(2)14)6-3-8(11)7(5-13)9(12)4-6;9-7-1-5(4-12)2-8(10)6(7)3-11/h3-4,10H,1-2H3;1-2,4H. The topological polar surface area (TPSA) is 87.7 Å². The van der Waals surface area contributed by atoms with Gasteiger partial charge in [0.2, 0.25) is 0 Å². The molecule has 0 aliphatic rings. The molecule has 0 saturated carbocycles. The van der Waals surface area contributed by atoms with Crippen molar-refractivity contribution in [2.75, 3.05) is 12.5 Å². The van der Waals surface area contributed by atoms with Crippen molar-refractivity contribution in [1.29, 1.82) is 10.5 Å². The van der Waals surface area contributed by atoms with Gasteiger partial charge >= 0.3 is 0 Å². The SMILES string of the molecule is CSC(c1cc(F)c(C#N)c(F)c1)[S+](C)[O-].N#Cc1c(F)cc(C=O)cc1F. The lowest BCUT2D eigenvalue weighted by atomic mass is 10.1. The van der Waals surface area contributed by atoms with Gasteiger partial charge in [0.05, 0.1) is 6.26 Å². The predicted octanol–water partition coefficient (Wildman–Crippen LogP) is 4.23. The van der Waals surface area contributed by atoms with Crippen LogP contribution >= 0.6 is 11.8 Å². The van der Waals surface area contributed by atoms with Crippen molar-refractivity contribution in [1.82, 2.24) is 0 Å². The number of carbonyl (C=O) groups excluding carboxylic acids is 1. The number of benzene rings is 2. The van der Waals surface area contributed by atoms with Gasteiger partial charge in [-0.25, -0.2) is 17.6 Å². The van der Waals surface area contributed by atoms with Crippen LogP contribution in [0.3, 0.4) is 0 Å². The third-order valence-electron chi connectivity index (χ3n) is 3.28. The van der Waals surface area contributed by atoms with Crippen LogP contribution in [-0.2, 0) is 11.2 Å². The summed E-state index contributed by atoms with van der Waals surface area (Å²) in [5.41, 5.74) is -1.10. The Balaban J connectivity index is 0.000000292. The Morgan fingerprint density at radius 2 is 1.39 bits per heavy atom. The van der Waals surface area contributed by atoms with E-state index in [9.17, 15) is 26.9 Å². The van der Waals surface area contributed by atoms with Crippen molar-refractivity contribution < 1.29 is 26.9 Å². The van der Waals surface area contributed by atoms with Crippen molar-refractivity contribution >= 4 is 29.2 Å². The summed E-state index contributed by atoms with van der Waals surface area (Å²) in [5.74, 6) is -3.86. The van der Waals surface area contributed by atoms with Crippen LogP contribution in [0.5, 0.6) is 0 Å². The Kier molecular flexibility index (Phi) is 9.00. The largest absolute Gasteiger partial charge is 0.615 e. The molecular formula is C18H12F4N2O2S2. The molecule has 28 heavy (non-hydrogen) atoms. The summed E-state index contributed by atoms with van der Waals surface area (Å²) in [7, 11) is 0. The summed E-state index contributed by atoms with van der Waals surface area (Å²) in [6.45, 7) is 0. The predicted molar refractivity (Wildman–Crippen MR) is 97.9 cm³/mol. The molecule has 0 aliphatic carbocycles. The molecule has 0 fully saturated rings. The summed E-state index contributed by atoms with van der Waals surface area (Å²) in [6, 6.07) is 6.54. The highest BCUT2D eigenvalue weighted by atomic mass is 32.3. The Morgan fingerprint density at radius 3 is 1.68 bits per heavy atom. The lowest BCUT2D eigenvalue weighted by molar-refractivity contribution is 0.112. The molecule has 2 aromatic carbocycles. The molecule has 0 aliphatic heterocycles. The number of nitriles is 2. The van der Waals surface area contributed by atoms with Gasteiger partial charge in [0.15, 0.2) is 4.58 Å². The van der Waals surface area contributed by atoms with Crippen LogP contribution in [0, 0.1) is 45.9 Å². The van der Waals surface area contributed by atoms with Crippen LogP contribution in [-0.4, -0.2) is 23.4 Å². The first-order valence-corrected chi connectivity index (χ1v) is 10.2. The van der Waals surface area contributed by atoms with Crippen molar-refractivity contribution in [3.05, 3.63) is 69.8 Å². The number of halogens is 4. The Bertz CT molecular complexity index is 910. The highest BCUT2D eigenvalue weighted by Crippen LogP contribution is 2.33. The van der Waals surface area contributed by atoms with E-state index in [0.29, 0.717) is 11.8 Å². The molecule has 0 saturated heterocycles. The lowest BCUT2D eigenvalue weighted by Gasteiger charge is -2.16. The van der Waals surface area contributed by atoms with Gasteiger partial charge in [-0.3, -0.25) is 4.79 Å². The highest BCUT2D eigenvalue weighted by Gasteiger charge is 2.23. The average molecular weight is 428 g/mol. The number of aldehydes is 1. The molecule has 0 bridgehead atoms. The maximum absolute atomic E-state index is 13.3. The normalized spacial score (nSPS) is 12.0. The first kappa shape index (κ1) is 23.5. The summed E-state index contributed by atoms with van der Waals surface area (Å²) in [4.78, 5) is 10.1. The monoisotopic (exact) mass is 428 g/mol. The molecule has 0 radical (unpaired) electrons. The van der Waals surface area contributed by atoms with Crippen molar-refractivity contribution in [2.45, 2.75) is 4.58 Å². The molecule has 2 aromatic rings. The van der Waals surface area contributed by atoms with Crippen LogP contribution in [0.1, 0.15) is 31.6 Å². The summed E-state index contributed by atoms with van der Waals surface area (Å²) < 4.78 is 62.8. The van der Waals surface area contributed by atoms with Crippen LogP contribution in [0.2, 0.25) is 0 Å². The van der Waals surface area contributed by atoms with Gasteiger partial charge in [0.25, 0.3) is 0 Å². The van der Waals surface area contributed by atoms with Crippen LogP contribution in [0.25, 0.3) is 0 Å². The minimum atomic E-state index is -1.23. The second-order valence-electron chi connectivity index (χ2n) is 5.13. The zero-order valence-corrected chi connectivity index (χ0v) is 16.1. The van der Waals surface area contributed by atoms with E-state index in [1.165, 1.54) is 30.2 Å². The van der Waals surface area contributed by atoms with Crippen LogP contribution in [0.4, 0.5) is 17.6 Å². The fourth-order valence-corrected chi connectivity index (χ4v) is 4.08. The quantitative estimate of drug-likeness (QED) is 0.413. The van der Waals surface area contributed by atoms with E-state index in [0.717, 1.165) is 24.3 Å². The van der Waals surface area contributed by atoms with Gasteiger partial charge in [0.1, 0.15) is 52.8 Å². The molecule has 0 spiro atoms. The summed E-state index contributed by atoms with van der Waals surface area (Å²) >= 11 is 0.0128. The number of thioether (sulfide) groups is 1. The molecule has 0 N–H and O–H groups in total. The molecule has 2 rings (SSSR count). The maximum atomic E-state index is 13.3. The van der Waals surface area contributed by atoms with E-state index in [4.69, 9.17) is 10.5 Å². The third kappa shape index (κ3) is 5.73. The first-order valence-electron chi connectivity index (χ1n) is 7.28. The van der Waals surface area contributed by atoms with Gasteiger partial charge < -0.3 is 4.55 Å². The maximum Gasteiger partial charge on any atom is 0.185 e. The van der Waals surface area contributed by atoms with E-state index in [1.807, 2.05) is 0 Å². The van der Waals surface area contributed by atoms with Crippen molar-refractivity contribution in [3.63, 3.8) is 0 Å². The van der Waals surface area contributed by atoms with Gasteiger partial charge in [-0.2, -0.15) is 10.5 Å². The fraction of sp³-hybridized carbons (Fsp3) is 0.167. The molecule has 146 valence electrons. The molecular weight excluding hydrogens is 416 g/mol. The average Bonchev–Trinajstić information content (AvgIpc) is 2.62. The van der Waals surface area contributed by atoms with Crippen LogP contribution < -0.4 is 0 Å². The van der Waals surface area contributed by atoms with Crippen molar-refractivity contribution in [2.24, 2.45) is 0 Å². The highest BCUT2D eigenvalue weighted by molar-refractivity contribution is 8.12. The van der Waals surface area contributed by atoms with Gasteiger partial charge in [-0.1, -0.05) is 0 Å². The number of hydrogen-bond acceptors (Lipinski definition) is 5. The minimum absolute atomic E-state index is 0.121. The molecule has 2 atom stereocenters. The lowest BCUT2D eigenvalue weighted by Crippen LogP contribution is -2.09. The van der Waals surface area contributed by atoms with E-state index in [-0.39, 0.29) is 5.56 Å². The van der Waals surface area contributed by atoms with Gasteiger partial charge in [0, 0.05) is 11.1 Å². The molecule has 4 nitrogen and oxygen atoms in total. The summed E-state index contributed by atoms with van der Waals surface area (Å²) in [5, 5.41) is 16.7. The van der Waals surface area contributed by atoms with Crippen LogP contribution in [0.15, 0.2) is 24.3 Å². The first-order chi connectivity index (χ1) is 13.2. The minimum Gasteiger partial charge on any atom is -0.615 e. The molecule has 10 heteroatoms. The molecule has 2 unspecified atom stereocenters. The van der Waals surface area contributed by atoms with Crippen molar-refractivity contribution in [3.8, 4) is 12.1 Å². The van der Waals surface area contributed by atoms with E-state index < -0.39 is 50.2 Å². The molecule has 0 aromatic heterocycles. The van der Waals surface area contributed by atoms with Gasteiger partial charge in [-0.15, -0.1) is 11.8 Å². The van der Waals surface area contributed by atoms with E-state index in [1.54, 1.807) is 6.26 Å². The number of rotatable bonds is 4. The third-order valence-corrected chi connectivity index (χ3v) is 6.24. The zero-order valence-electron chi connectivity index (χ0n) is 14.5. The number of hydrogen-bond donors (Lipinski definition) is 0. The molecule has 0 heterocycles. The van der Waals surface area contributed by atoms with E-state index in [2.05, 4.69) is 0 Å². The summed E-state index contributed by atoms with van der Waals surface area (Å²) in [6.07, 6.45) is 3.49. The number of carbonyl (C=O) groups is 1. The smallest absolute Gasteiger partial charge is 0.185 e. The fourth-order valence-electron chi connectivity index (χ4n) is 2.07. The Morgan fingerprint density at radius 1 is 1.00 bits per heavy atom. The zero-order chi connectivity index (χ0) is 21.4. The number of nitrogens with zero attached hydrogens (tertiary/aromatic N) is 2.